The van der Waals surface area contributed by atoms with Crippen molar-refractivity contribution >= 4 is 11.0 Å². The summed E-state index contributed by atoms with van der Waals surface area (Å²) >= 11 is 0. The molecular formula is C11H11NO. The minimum Gasteiger partial charge on any atom is -0.464 e. The predicted molar refractivity (Wildman–Crippen MR) is 51.6 cm³/mol. The fraction of sp³-hybridized carbons (Fsp3) is 0.273. The topological polar surface area (TPSA) is 25.2 Å². The maximum absolute atomic E-state index is 5.49. The van der Waals surface area contributed by atoms with Crippen LogP contribution in [0.1, 0.15) is 11.1 Å². The molecule has 0 saturated carbocycles. The summed E-state index contributed by atoms with van der Waals surface area (Å²) < 4.78 is 5.49. The summed E-state index contributed by atoms with van der Waals surface area (Å²) in [5, 5.41) is 4.58. The van der Waals surface area contributed by atoms with Gasteiger partial charge in [0.15, 0.2) is 0 Å². The maximum atomic E-state index is 5.49. The molecule has 66 valence electrons. The van der Waals surface area contributed by atoms with E-state index in [0.717, 1.165) is 25.1 Å². The van der Waals surface area contributed by atoms with Gasteiger partial charge in [0.1, 0.15) is 5.58 Å². The van der Waals surface area contributed by atoms with Crippen LogP contribution < -0.4 is 5.32 Å². The number of nitrogens with one attached hydrogen (secondary N) is 1. The van der Waals surface area contributed by atoms with Gasteiger partial charge in [-0.2, -0.15) is 0 Å². The van der Waals surface area contributed by atoms with Crippen molar-refractivity contribution in [2.45, 2.75) is 13.0 Å². The van der Waals surface area contributed by atoms with Gasteiger partial charge in [-0.25, -0.2) is 0 Å². The van der Waals surface area contributed by atoms with E-state index in [1.165, 1.54) is 16.5 Å². The van der Waals surface area contributed by atoms with Crippen LogP contribution in [0.3, 0.4) is 0 Å². The Morgan fingerprint density at radius 2 is 2.23 bits per heavy atom. The van der Waals surface area contributed by atoms with Gasteiger partial charge in [-0.3, -0.25) is 0 Å². The first-order valence-corrected chi connectivity index (χ1v) is 4.64. The van der Waals surface area contributed by atoms with Crippen molar-refractivity contribution in [2.75, 3.05) is 6.54 Å². The van der Waals surface area contributed by atoms with E-state index in [1.807, 2.05) is 6.07 Å². The van der Waals surface area contributed by atoms with Gasteiger partial charge in [-0.15, -0.1) is 0 Å². The van der Waals surface area contributed by atoms with E-state index in [4.69, 9.17) is 4.42 Å². The molecule has 0 amide bonds. The lowest BCUT2D eigenvalue weighted by Crippen LogP contribution is -2.23. The molecule has 13 heavy (non-hydrogen) atoms. The van der Waals surface area contributed by atoms with E-state index in [9.17, 15) is 0 Å². The van der Waals surface area contributed by atoms with E-state index < -0.39 is 0 Å². The lowest BCUT2D eigenvalue weighted by Gasteiger charge is -2.16. The highest BCUT2D eigenvalue weighted by Gasteiger charge is 2.13. The molecule has 0 aliphatic carbocycles. The molecule has 2 heteroatoms. The van der Waals surface area contributed by atoms with Crippen molar-refractivity contribution in [2.24, 2.45) is 0 Å². The van der Waals surface area contributed by atoms with Gasteiger partial charge in [-0.05, 0) is 24.6 Å². The Kier molecular flexibility index (Phi) is 1.43. The fourth-order valence-electron chi connectivity index (χ4n) is 2.01. The number of hydrogen-bond donors (Lipinski definition) is 1. The lowest BCUT2D eigenvalue weighted by molar-refractivity contribution is 0.593. The summed E-state index contributed by atoms with van der Waals surface area (Å²) in [6, 6.07) is 6.35. The second kappa shape index (κ2) is 2.60. The van der Waals surface area contributed by atoms with Crippen molar-refractivity contribution in [3.05, 3.63) is 35.6 Å². The lowest BCUT2D eigenvalue weighted by atomic mass is 9.99. The van der Waals surface area contributed by atoms with Crippen LogP contribution >= 0.6 is 0 Å². The van der Waals surface area contributed by atoms with Crippen LogP contribution in [0.25, 0.3) is 11.0 Å². The summed E-state index contributed by atoms with van der Waals surface area (Å²) in [5.74, 6) is 0. The first kappa shape index (κ1) is 7.15. The Labute approximate surface area is 76.5 Å². The molecule has 1 aromatic heterocycles. The van der Waals surface area contributed by atoms with Gasteiger partial charge in [0.2, 0.25) is 0 Å². The summed E-state index contributed by atoms with van der Waals surface area (Å²) in [5.41, 5.74) is 3.86. The number of fused-ring (bicyclic) bond motifs is 3. The third-order valence-electron chi connectivity index (χ3n) is 2.69. The molecule has 2 heterocycles. The standard InChI is InChI=1S/C11H11NO/c1-2-9-7-12-5-3-10(9)11-8(1)4-6-13-11/h1-2,4,6,12H,3,5,7H2. The molecule has 1 aromatic carbocycles. The fourth-order valence-corrected chi connectivity index (χ4v) is 2.01. The van der Waals surface area contributed by atoms with E-state index >= 15 is 0 Å². The van der Waals surface area contributed by atoms with Gasteiger partial charge < -0.3 is 9.73 Å². The second-order valence-electron chi connectivity index (χ2n) is 3.47. The second-order valence-corrected chi connectivity index (χ2v) is 3.47. The third-order valence-corrected chi connectivity index (χ3v) is 2.69. The summed E-state index contributed by atoms with van der Waals surface area (Å²) in [6.07, 6.45) is 2.85. The largest absolute Gasteiger partial charge is 0.464 e. The zero-order valence-electron chi connectivity index (χ0n) is 7.34. The molecule has 1 aliphatic rings. The summed E-state index contributed by atoms with van der Waals surface area (Å²) in [4.78, 5) is 0. The van der Waals surface area contributed by atoms with Gasteiger partial charge in [0.25, 0.3) is 0 Å². The SMILES string of the molecule is c1cc2ccc3c(c2o1)CCNC3. The molecule has 1 aliphatic heterocycles. The molecule has 0 unspecified atom stereocenters. The molecule has 2 aromatic rings. The normalized spacial score (nSPS) is 16.0. The van der Waals surface area contributed by atoms with Crippen LogP contribution in [0.5, 0.6) is 0 Å². The zero-order valence-corrected chi connectivity index (χ0v) is 7.34. The van der Waals surface area contributed by atoms with Crippen molar-refractivity contribution in [3.8, 4) is 0 Å². The van der Waals surface area contributed by atoms with E-state index in [-0.39, 0.29) is 0 Å². The van der Waals surface area contributed by atoms with Gasteiger partial charge in [0.05, 0.1) is 6.26 Å². The van der Waals surface area contributed by atoms with Crippen molar-refractivity contribution in [3.63, 3.8) is 0 Å². The number of rotatable bonds is 0. The highest BCUT2D eigenvalue weighted by Crippen LogP contribution is 2.25. The average molecular weight is 173 g/mol. The van der Waals surface area contributed by atoms with Gasteiger partial charge in [-0.1, -0.05) is 12.1 Å². The average Bonchev–Trinajstić information content (AvgIpc) is 2.65. The maximum Gasteiger partial charge on any atom is 0.137 e. The smallest absolute Gasteiger partial charge is 0.137 e. The molecule has 0 fully saturated rings. The number of benzene rings is 1. The molecule has 0 atom stereocenters. The first-order valence-electron chi connectivity index (χ1n) is 4.64. The molecular weight excluding hydrogens is 162 g/mol. The molecule has 0 bridgehead atoms. The quantitative estimate of drug-likeness (QED) is 0.659. The van der Waals surface area contributed by atoms with Crippen LogP contribution in [0.4, 0.5) is 0 Å². The Bertz CT molecular complexity index is 444. The minimum absolute atomic E-state index is 0.978. The number of hydrogen-bond acceptors (Lipinski definition) is 2. The molecule has 1 N–H and O–H groups in total. The molecule has 0 radical (unpaired) electrons. The third kappa shape index (κ3) is 0.988. The van der Waals surface area contributed by atoms with Crippen LogP contribution in [0, 0.1) is 0 Å². The van der Waals surface area contributed by atoms with Crippen LogP contribution in [0.15, 0.2) is 28.9 Å². The predicted octanol–water partition coefficient (Wildman–Crippen LogP) is 2.08. The Hall–Kier alpha value is -1.28. The molecule has 2 nitrogen and oxygen atoms in total. The van der Waals surface area contributed by atoms with Crippen LogP contribution in [-0.4, -0.2) is 6.54 Å². The van der Waals surface area contributed by atoms with Crippen molar-refractivity contribution in [1.29, 1.82) is 0 Å². The highest BCUT2D eigenvalue weighted by molar-refractivity contribution is 5.81. The van der Waals surface area contributed by atoms with Crippen LogP contribution in [-0.2, 0) is 13.0 Å². The number of furan rings is 1. The monoisotopic (exact) mass is 173 g/mol. The molecule has 0 saturated heterocycles. The molecule has 0 spiro atoms. The summed E-state index contributed by atoms with van der Waals surface area (Å²) in [7, 11) is 0. The minimum atomic E-state index is 0.978. The Morgan fingerprint density at radius 3 is 3.23 bits per heavy atom. The Morgan fingerprint density at radius 1 is 1.23 bits per heavy atom. The van der Waals surface area contributed by atoms with Crippen molar-refractivity contribution < 1.29 is 4.42 Å². The van der Waals surface area contributed by atoms with Crippen LogP contribution in [0.2, 0.25) is 0 Å². The van der Waals surface area contributed by atoms with E-state index in [2.05, 4.69) is 17.4 Å². The van der Waals surface area contributed by atoms with Gasteiger partial charge >= 0.3 is 0 Å². The summed E-state index contributed by atoms with van der Waals surface area (Å²) in [6.45, 7) is 2.04. The van der Waals surface area contributed by atoms with E-state index in [1.54, 1.807) is 6.26 Å². The van der Waals surface area contributed by atoms with E-state index in [0.29, 0.717) is 0 Å². The highest BCUT2D eigenvalue weighted by atomic mass is 16.3. The first-order chi connectivity index (χ1) is 6.45. The Balaban J connectivity index is 2.34. The van der Waals surface area contributed by atoms with Crippen molar-refractivity contribution in [1.82, 2.24) is 5.32 Å². The zero-order chi connectivity index (χ0) is 8.67. The van der Waals surface area contributed by atoms with Gasteiger partial charge in [0, 0.05) is 17.5 Å². The molecule has 3 rings (SSSR count).